The second-order valence-electron chi connectivity index (χ2n) is 3.13. The van der Waals surface area contributed by atoms with E-state index in [0.29, 0.717) is 5.76 Å². The van der Waals surface area contributed by atoms with E-state index < -0.39 is 16.6 Å². The molecule has 0 bridgehead atoms. The summed E-state index contributed by atoms with van der Waals surface area (Å²) in [5.41, 5.74) is 0. The van der Waals surface area contributed by atoms with Crippen LogP contribution in [0.5, 0.6) is 0 Å². The summed E-state index contributed by atoms with van der Waals surface area (Å²) < 4.78 is 9.85. The minimum Gasteiger partial charge on any atom is -0.458 e. The zero-order valence-corrected chi connectivity index (χ0v) is 8.30. The topological polar surface area (TPSA) is 86.5 Å². The van der Waals surface area contributed by atoms with Crippen molar-refractivity contribution in [1.82, 2.24) is 0 Å². The van der Waals surface area contributed by atoms with Gasteiger partial charge in [0.05, 0.1) is 6.07 Å². The van der Waals surface area contributed by atoms with Crippen LogP contribution in [0.1, 0.15) is 22.1 Å². The number of nitrogens with zero attached hydrogens (tertiary/aromatic N) is 1. The zero-order chi connectivity index (χ0) is 11.7. The van der Waals surface area contributed by atoms with Crippen molar-refractivity contribution in [3.63, 3.8) is 0 Å². The van der Waals surface area contributed by atoms with Gasteiger partial charge in [-0.15, -0.1) is 0 Å². The normalized spacial score (nSPS) is 10.3. The Balaban J connectivity index is 2.30. The number of carbonyl (C=O) groups excluding carboxylic acids is 1. The number of furan rings is 2. The average Bonchev–Trinajstić information content (AvgIpc) is 2.84. The average molecular weight is 221 g/mol. The maximum atomic E-state index is 11.7. The van der Waals surface area contributed by atoms with Crippen molar-refractivity contribution in [3.05, 3.63) is 51.7 Å². The number of hydrogen-bond acceptors (Lipinski definition) is 5. The molecule has 0 aliphatic rings. The quantitative estimate of drug-likeness (QED) is 0.451. The van der Waals surface area contributed by atoms with Gasteiger partial charge >= 0.3 is 5.88 Å². The third-order valence-electron chi connectivity index (χ3n) is 1.96. The van der Waals surface area contributed by atoms with Crippen LogP contribution in [0.3, 0.4) is 0 Å². The Morgan fingerprint density at radius 1 is 1.19 bits per heavy atom. The van der Waals surface area contributed by atoms with E-state index in [1.807, 2.05) is 0 Å². The SMILES string of the molecule is Cc1ccc(C(=O)c2ccc([N+](=O)[O-])o2)o1. The van der Waals surface area contributed by atoms with Gasteiger partial charge in [-0.3, -0.25) is 14.9 Å². The first-order chi connectivity index (χ1) is 7.58. The molecule has 0 unspecified atom stereocenters. The molecule has 82 valence electrons. The number of nitro groups is 1. The molecule has 0 atom stereocenters. The first kappa shape index (κ1) is 10.2. The largest absolute Gasteiger partial charge is 0.458 e. The van der Waals surface area contributed by atoms with Gasteiger partial charge in [-0.05, 0) is 25.1 Å². The van der Waals surface area contributed by atoms with E-state index in [4.69, 9.17) is 8.83 Å². The first-order valence-corrected chi connectivity index (χ1v) is 4.43. The minimum atomic E-state index is -0.704. The van der Waals surface area contributed by atoms with Gasteiger partial charge in [0.2, 0.25) is 0 Å². The summed E-state index contributed by atoms with van der Waals surface area (Å²) in [7, 11) is 0. The van der Waals surface area contributed by atoms with Gasteiger partial charge in [0.1, 0.15) is 10.7 Å². The van der Waals surface area contributed by atoms with E-state index in [1.54, 1.807) is 13.0 Å². The molecule has 0 fully saturated rings. The van der Waals surface area contributed by atoms with E-state index in [9.17, 15) is 14.9 Å². The van der Waals surface area contributed by atoms with Crippen molar-refractivity contribution in [1.29, 1.82) is 0 Å². The van der Waals surface area contributed by atoms with Gasteiger partial charge in [-0.1, -0.05) is 0 Å². The van der Waals surface area contributed by atoms with Crippen LogP contribution in [-0.4, -0.2) is 10.7 Å². The molecule has 6 heteroatoms. The number of hydrogen-bond donors (Lipinski definition) is 0. The van der Waals surface area contributed by atoms with E-state index in [0.717, 1.165) is 6.07 Å². The molecular formula is C10H7NO5. The smallest absolute Gasteiger partial charge is 0.433 e. The van der Waals surface area contributed by atoms with Crippen LogP contribution in [0.25, 0.3) is 0 Å². The Labute approximate surface area is 89.6 Å². The Kier molecular flexibility index (Phi) is 2.32. The molecule has 0 spiro atoms. The lowest BCUT2D eigenvalue weighted by Gasteiger charge is -1.90. The summed E-state index contributed by atoms with van der Waals surface area (Å²) in [6, 6.07) is 5.50. The molecule has 0 amide bonds. The predicted octanol–water partition coefficient (Wildman–Crippen LogP) is 2.32. The van der Waals surface area contributed by atoms with Crippen LogP contribution >= 0.6 is 0 Å². The summed E-state index contributed by atoms with van der Waals surface area (Å²) >= 11 is 0. The van der Waals surface area contributed by atoms with Crippen molar-refractivity contribution in [2.24, 2.45) is 0 Å². The predicted molar refractivity (Wildman–Crippen MR) is 52.2 cm³/mol. The number of rotatable bonds is 3. The Morgan fingerprint density at radius 2 is 1.81 bits per heavy atom. The van der Waals surface area contributed by atoms with Crippen LogP contribution in [-0.2, 0) is 0 Å². The van der Waals surface area contributed by atoms with E-state index in [1.165, 1.54) is 12.1 Å². The molecule has 2 aromatic heterocycles. The van der Waals surface area contributed by atoms with Crippen molar-refractivity contribution in [3.8, 4) is 0 Å². The van der Waals surface area contributed by atoms with E-state index >= 15 is 0 Å². The lowest BCUT2D eigenvalue weighted by molar-refractivity contribution is -0.402. The molecule has 0 aromatic carbocycles. The minimum absolute atomic E-state index is 0.0988. The van der Waals surface area contributed by atoms with Gasteiger partial charge in [-0.2, -0.15) is 0 Å². The highest BCUT2D eigenvalue weighted by molar-refractivity contribution is 6.05. The van der Waals surface area contributed by atoms with Crippen molar-refractivity contribution in [2.45, 2.75) is 6.92 Å². The fourth-order valence-corrected chi connectivity index (χ4v) is 1.23. The molecule has 0 saturated heterocycles. The maximum Gasteiger partial charge on any atom is 0.433 e. The highest BCUT2D eigenvalue weighted by Crippen LogP contribution is 2.19. The fraction of sp³-hybridized carbons (Fsp3) is 0.100. The third kappa shape index (κ3) is 1.72. The highest BCUT2D eigenvalue weighted by Gasteiger charge is 2.20. The number of carbonyl (C=O) groups is 1. The second-order valence-corrected chi connectivity index (χ2v) is 3.13. The third-order valence-corrected chi connectivity index (χ3v) is 1.96. The number of ketones is 1. The second kappa shape index (κ2) is 3.65. The molecule has 0 saturated carbocycles. The van der Waals surface area contributed by atoms with Crippen LogP contribution in [0.4, 0.5) is 5.88 Å². The van der Waals surface area contributed by atoms with Crippen LogP contribution in [0.15, 0.2) is 33.1 Å². The molecule has 6 nitrogen and oxygen atoms in total. The van der Waals surface area contributed by atoms with Gasteiger partial charge < -0.3 is 8.83 Å². The monoisotopic (exact) mass is 221 g/mol. The molecule has 0 N–H and O–H groups in total. The summed E-state index contributed by atoms with van der Waals surface area (Å²) in [6.45, 7) is 1.70. The van der Waals surface area contributed by atoms with E-state index in [-0.39, 0.29) is 11.5 Å². The Hall–Kier alpha value is -2.37. The Bertz CT molecular complexity index is 551. The summed E-state index contributed by atoms with van der Waals surface area (Å²) in [6.07, 6.45) is 0. The highest BCUT2D eigenvalue weighted by atomic mass is 16.6. The van der Waals surface area contributed by atoms with Gasteiger partial charge in [0.25, 0.3) is 5.78 Å². The number of aryl methyl sites for hydroxylation is 1. The van der Waals surface area contributed by atoms with Gasteiger partial charge in [0.15, 0.2) is 11.5 Å². The van der Waals surface area contributed by atoms with Gasteiger partial charge in [-0.25, -0.2) is 0 Å². The first-order valence-electron chi connectivity index (χ1n) is 4.43. The van der Waals surface area contributed by atoms with E-state index in [2.05, 4.69) is 0 Å². The maximum absolute atomic E-state index is 11.7. The molecule has 0 aliphatic carbocycles. The van der Waals surface area contributed by atoms with Crippen LogP contribution in [0, 0.1) is 17.0 Å². The van der Waals surface area contributed by atoms with Crippen LogP contribution < -0.4 is 0 Å². The zero-order valence-electron chi connectivity index (χ0n) is 8.30. The Morgan fingerprint density at radius 3 is 2.31 bits per heavy atom. The molecule has 0 radical (unpaired) electrons. The molecular weight excluding hydrogens is 214 g/mol. The standard InChI is InChI=1S/C10H7NO5/c1-6-2-3-7(15-6)10(12)8-4-5-9(16-8)11(13)14/h2-5H,1H3. The lowest BCUT2D eigenvalue weighted by Crippen LogP contribution is -1.97. The molecule has 2 aromatic rings. The van der Waals surface area contributed by atoms with Crippen LogP contribution in [0.2, 0.25) is 0 Å². The molecule has 16 heavy (non-hydrogen) atoms. The summed E-state index contributed by atoms with van der Waals surface area (Å²) in [5, 5.41) is 10.4. The molecule has 2 rings (SSSR count). The molecule has 2 heterocycles. The van der Waals surface area contributed by atoms with Crippen molar-refractivity contribution < 1.29 is 18.6 Å². The summed E-state index contributed by atoms with van der Waals surface area (Å²) in [4.78, 5) is 21.3. The molecule has 0 aliphatic heterocycles. The van der Waals surface area contributed by atoms with Crippen molar-refractivity contribution in [2.75, 3.05) is 0 Å². The fourth-order valence-electron chi connectivity index (χ4n) is 1.23. The summed E-state index contributed by atoms with van der Waals surface area (Å²) in [5.74, 6) is -0.403. The van der Waals surface area contributed by atoms with Gasteiger partial charge in [0, 0.05) is 0 Å². The van der Waals surface area contributed by atoms with Crippen molar-refractivity contribution >= 4 is 11.7 Å². The lowest BCUT2D eigenvalue weighted by atomic mass is 10.2.